The Labute approximate surface area is 140 Å². The summed E-state index contributed by atoms with van der Waals surface area (Å²) in [6, 6.07) is 13.3. The van der Waals surface area contributed by atoms with Crippen LogP contribution in [0.5, 0.6) is 0 Å². The predicted molar refractivity (Wildman–Crippen MR) is 87.8 cm³/mol. The van der Waals surface area contributed by atoms with Gasteiger partial charge in [0.2, 0.25) is 5.91 Å². The van der Waals surface area contributed by atoms with Crippen molar-refractivity contribution < 1.29 is 22.2 Å². The zero-order valence-electron chi connectivity index (χ0n) is 12.8. The number of amides is 1. The van der Waals surface area contributed by atoms with E-state index in [1.807, 2.05) is 0 Å². The largest absolute Gasteiger partial charge is 0.416 e. The van der Waals surface area contributed by atoms with Gasteiger partial charge in [0.1, 0.15) is 5.25 Å². The SMILES string of the molecule is CC(C(=O)Nc1ccccc1)S(=O)Cc1cccc(C(F)(F)F)c1. The standard InChI is InChI=1S/C17H16F3NO2S/c1-12(16(22)21-15-8-3-2-4-9-15)24(23)11-13-6-5-7-14(10-13)17(18,19)20/h2-10,12H,11H2,1H3,(H,21,22). The molecule has 0 bridgehead atoms. The highest BCUT2D eigenvalue weighted by Crippen LogP contribution is 2.29. The van der Waals surface area contributed by atoms with Crippen molar-refractivity contribution in [3.05, 3.63) is 65.7 Å². The van der Waals surface area contributed by atoms with Gasteiger partial charge in [0.05, 0.1) is 5.56 Å². The Balaban J connectivity index is 2.02. The van der Waals surface area contributed by atoms with Crippen LogP contribution in [0.1, 0.15) is 18.1 Å². The highest BCUT2D eigenvalue weighted by Gasteiger charge is 2.30. The molecule has 24 heavy (non-hydrogen) atoms. The second-order valence-corrected chi connectivity index (χ2v) is 6.98. The van der Waals surface area contributed by atoms with Crippen molar-refractivity contribution in [3.63, 3.8) is 0 Å². The smallest absolute Gasteiger partial charge is 0.325 e. The predicted octanol–water partition coefficient (Wildman–Crippen LogP) is 3.98. The van der Waals surface area contributed by atoms with Crippen LogP contribution in [0.4, 0.5) is 18.9 Å². The van der Waals surface area contributed by atoms with Crippen LogP contribution in [-0.2, 0) is 27.5 Å². The van der Waals surface area contributed by atoms with Crippen molar-refractivity contribution in [2.24, 2.45) is 0 Å². The van der Waals surface area contributed by atoms with E-state index < -0.39 is 33.7 Å². The minimum Gasteiger partial charge on any atom is -0.325 e. The van der Waals surface area contributed by atoms with Gasteiger partial charge in [0.15, 0.2) is 0 Å². The van der Waals surface area contributed by atoms with Gasteiger partial charge in [-0.25, -0.2) is 0 Å². The van der Waals surface area contributed by atoms with E-state index in [4.69, 9.17) is 0 Å². The first-order chi connectivity index (χ1) is 11.3. The van der Waals surface area contributed by atoms with Crippen molar-refractivity contribution in [2.75, 3.05) is 5.32 Å². The molecule has 7 heteroatoms. The molecule has 1 amide bonds. The molecule has 0 spiro atoms. The molecule has 2 unspecified atom stereocenters. The van der Waals surface area contributed by atoms with Crippen LogP contribution in [0.25, 0.3) is 0 Å². The van der Waals surface area contributed by atoms with E-state index in [1.54, 1.807) is 30.3 Å². The molecule has 0 saturated carbocycles. The van der Waals surface area contributed by atoms with E-state index in [-0.39, 0.29) is 11.3 Å². The Hall–Kier alpha value is -2.15. The molecule has 0 aromatic heterocycles. The molecule has 3 nitrogen and oxygen atoms in total. The minimum absolute atomic E-state index is 0.118. The van der Waals surface area contributed by atoms with E-state index in [9.17, 15) is 22.2 Å². The highest BCUT2D eigenvalue weighted by atomic mass is 32.2. The number of benzene rings is 2. The fourth-order valence-corrected chi connectivity index (χ4v) is 3.07. The minimum atomic E-state index is -4.45. The fraction of sp³-hybridized carbons (Fsp3) is 0.235. The summed E-state index contributed by atoms with van der Waals surface area (Å²) in [5.74, 6) is -0.556. The Morgan fingerprint density at radius 2 is 1.79 bits per heavy atom. The van der Waals surface area contributed by atoms with Gasteiger partial charge in [0.25, 0.3) is 0 Å². The number of anilines is 1. The Kier molecular flexibility index (Phi) is 5.77. The summed E-state index contributed by atoms with van der Waals surface area (Å²) in [5.41, 5.74) is 0.0614. The maximum absolute atomic E-state index is 12.7. The summed E-state index contributed by atoms with van der Waals surface area (Å²) >= 11 is 0. The average Bonchev–Trinajstić information content (AvgIpc) is 2.54. The zero-order valence-corrected chi connectivity index (χ0v) is 13.7. The fourth-order valence-electron chi connectivity index (χ4n) is 2.01. The molecule has 0 heterocycles. The summed E-state index contributed by atoms with van der Waals surface area (Å²) < 4.78 is 50.4. The zero-order chi connectivity index (χ0) is 17.7. The molecule has 2 rings (SSSR count). The lowest BCUT2D eigenvalue weighted by Crippen LogP contribution is -2.29. The first-order valence-electron chi connectivity index (χ1n) is 7.16. The number of hydrogen-bond donors (Lipinski definition) is 1. The molecule has 0 aliphatic rings. The highest BCUT2D eigenvalue weighted by molar-refractivity contribution is 7.85. The molecule has 128 valence electrons. The normalized spacial score (nSPS) is 14.0. The molecule has 0 aliphatic carbocycles. The second-order valence-electron chi connectivity index (χ2n) is 5.22. The maximum atomic E-state index is 12.7. The van der Waals surface area contributed by atoms with Gasteiger partial charge in [0, 0.05) is 22.2 Å². The van der Waals surface area contributed by atoms with Gasteiger partial charge in [-0.05, 0) is 30.7 Å². The lowest BCUT2D eigenvalue weighted by molar-refractivity contribution is -0.137. The van der Waals surface area contributed by atoms with Gasteiger partial charge >= 0.3 is 6.18 Å². The molecule has 0 radical (unpaired) electrons. The third kappa shape index (κ3) is 4.92. The van der Waals surface area contributed by atoms with Crippen LogP contribution in [0.3, 0.4) is 0 Å². The van der Waals surface area contributed by atoms with Gasteiger partial charge in [-0.1, -0.05) is 36.4 Å². The number of para-hydroxylation sites is 1. The van der Waals surface area contributed by atoms with Gasteiger partial charge in [-0.15, -0.1) is 0 Å². The summed E-state index contributed by atoms with van der Waals surface area (Å²) in [7, 11) is -1.63. The van der Waals surface area contributed by atoms with Gasteiger partial charge in [-0.3, -0.25) is 9.00 Å². The number of carbonyl (C=O) groups excluding carboxylic acids is 1. The lowest BCUT2D eigenvalue weighted by atomic mass is 10.1. The summed E-state index contributed by atoms with van der Waals surface area (Å²) in [5, 5.41) is 1.78. The summed E-state index contributed by atoms with van der Waals surface area (Å²) in [4.78, 5) is 12.1. The van der Waals surface area contributed by atoms with E-state index >= 15 is 0 Å². The number of halogens is 3. The van der Waals surface area contributed by atoms with Crippen LogP contribution in [0.2, 0.25) is 0 Å². The van der Waals surface area contributed by atoms with E-state index in [0.29, 0.717) is 5.69 Å². The molecular formula is C17H16F3NO2S. The van der Waals surface area contributed by atoms with E-state index in [0.717, 1.165) is 12.1 Å². The molecule has 0 aliphatic heterocycles. The molecule has 0 saturated heterocycles. The molecule has 0 fully saturated rings. The van der Waals surface area contributed by atoms with Crippen molar-refractivity contribution in [1.29, 1.82) is 0 Å². The van der Waals surface area contributed by atoms with E-state index in [1.165, 1.54) is 19.1 Å². The van der Waals surface area contributed by atoms with E-state index in [2.05, 4.69) is 5.32 Å². The van der Waals surface area contributed by atoms with Gasteiger partial charge < -0.3 is 5.32 Å². The molecule has 2 aromatic rings. The van der Waals surface area contributed by atoms with Crippen molar-refractivity contribution in [1.82, 2.24) is 0 Å². The van der Waals surface area contributed by atoms with Gasteiger partial charge in [-0.2, -0.15) is 13.2 Å². The second kappa shape index (κ2) is 7.61. The van der Waals surface area contributed by atoms with Crippen LogP contribution in [-0.4, -0.2) is 15.4 Å². The first-order valence-corrected chi connectivity index (χ1v) is 8.55. The number of rotatable bonds is 5. The van der Waals surface area contributed by atoms with Crippen LogP contribution < -0.4 is 5.32 Å². The van der Waals surface area contributed by atoms with Crippen molar-refractivity contribution >= 4 is 22.4 Å². The molecule has 2 aromatic carbocycles. The number of nitrogens with one attached hydrogen (secondary N) is 1. The summed E-state index contributed by atoms with van der Waals surface area (Å²) in [6.45, 7) is 1.49. The number of alkyl halides is 3. The van der Waals surface area contributed by atoms with Crippen molar-refractivity contribution in [2.45, 2.75) is 24.1 Å². The summed E-state index contributed by atoms with van der Waals surface area (Å²) in [6.07, 6.45) is -4.45. The van der Waals surface area contributed by atoms with Crippen LogP contribution in [0, 0.1) is 0 Å². The average molecular weight is 355 g/mol. The van der Waals surface area contributed by atoms with Crippen molar-refractivity contribution in [3.8, 4) is 0 Å². The number of carbonyl (C=O) groups is 1. The maximum Gasteiger partial charge on any atom is 0.416 e. The number of hydrogen-bond acceptors (Lipinski definition) is 2. The topological polar surface area (TPSA) is 46.2 Å². The molecular weight excluding hydrogens is 339 g/mol. The molecule has 1 N–H and O–H groups in total. The Bertz CT molecular complexity index is 732. The Morgan fingerprint density at radius 3 is 2.42 bits per heavy atom. The van der Waals surface area contributed by atoms with Crippen LogP contribution in [0.15, 0.2) is 54.6 Å². The quantitative estimate of drug-likeness (QED) is 0.882. The monoisotopic (exact) mass is 355 g/mol. The van der Waals surface area contributed by atoms with Crippen LogP contribution >= 0.6 is 0 Å². The first kappa shape index (κ1) is 18.2. The third-order valence-corrected chi connectivity index (χ3v) is 4.99. The Morgan fingerprint density at radius 1 is 1.12 bits per heavy atom. The lowest BCUT2D eigenvalue weighted by Gasteiger charge is -2.13. The third-order valence-electron chi connectivity index (χ3n) is 3.37. The molecule has 2 atom stereocenters.